The number of aromatic nitrogens is 5. The van der Waals surface area contributed by atoms with Gasteiger partial charge in [0.1, 0.15) is 5.75 Å². The summed E-state index contributed by atoms with van der Waals surface area (Å²) in [6.45, 7) is 0.132. The lowest BCUT2D eigenvalue weighted by atomic mass is 10.00. The van der Waals surface area contributed by atoms with Gasteiger partial charge < -0.3 is 4.74 Å². The molecule has 1 aromatic carbocycles. The predicted molar refractivity (Wildman–Crippen MR) is 116 cm³/mol. The van der Waals surface area contributed by atoms with Crippen LogP contribution in [0, 0.1) is 0 Å². The van der Waals surface area contributed by atoms with Gasteiger partial charge in [0, 0.05) is 42.0 Å². The molecular formula is C21H17BrF3N5O2. The molecule has 0 aliphatic heterocycles. The maximum absolute atomic E-state index is 13.6. The Morgan fingerprint density at radius 1 is 1.16 bits per heavy atom. The number of nitrogens with zero attached hydrogens (tertiary/aromatic N) is 5. The molecule has 32 heavy (non-hydrogen) atoms. The van der Waals surface area contributed by atoms with E-state index in [9.17, 15) is 18.0 Å². The molecule has 7 nitrogen and oxygen atoms in total. The highest BCUT2D eigenvalue weighted by Gasteiger charge is 2.38. The standard InChI is InChI=1S/C21H17BrF3N5O2/c1-29-10-17(19(28-29)21(23,24)25)15-5-12(8-22)6-16-18(15)27-11-30(20(16)31)9-13-7-14(32-2)3-4-26-13/h3-7,10-11H,8-9H2,1-2H3. The van der Waals surface area contributed by atoms with Crippen molar-refractivity contribution in [3.05, 3.63) is 70.3 Å². The molecule has 0 unspecified atom stereocenters. The fourth-order valence-electron chi connectivity index (χ4n) is 3.47. The van der Waals surface area contributed by atoms with E-state index >= 15 is 0 Å². The Labute approximate surface area is 188 Å². The van der Waals surface area contributed by atoms with Crippen LogP contribution in [0.2, 0.25) is 0 Å². The summed E-state index contributed by atoms with van der Waals surface area (Å²) in [6, 6.07) is 6.60. The van der Waals surface area contributed by atoms with Crippen LogP contribution in [-0.2, 0) is 25.1 Å². The average Bonchev–Trinajstić information content (AvgIpc) is 3.17. The molecule has 0 N–H and O–H groups in total. The van der Waals surface area contributed by atoms with Crippen LogP contribution in [0.4, 0.5) is 13.2 Å². The zero-order valence-corrected chi connectivity index (χ0v) is 18.6. The van der Waals surface area contributed by atoms with Crippen LogP contribution in [0.5, 0.6) is 5.75 Å². The first kappa shape index (κ1) is 22.0. The van der Waals surface area contributed by atoms with Crippen molar-refractivity contribution >= 4 is 26.8 Å². The molecule has 11 heteroatoms. The second-order valence-corrected chi connectivity index (χ2v) is 7.66. The van der Waals surface area contributed by atoms with Gasteiger partial charge in [-0.3, -0.25) is 19.0 Å². The van der Waals surface area contributed by atoms with E-state index in [4.69, 9.17) is 4.74 Å². The monoisotopic (exact) mass is 507 g/mol. The molecular weight excluding hydrogens is 491 g/mol. The maximum Gasteiger partial charge on any atom is 0.435 e. The van der Waals surface area contributed by atoms with Crippen LogP contribution in [0.1, 0.15) is 17.0 Å². The van der Waals surface area contributed by atoms with Crippen LogP contribution >= 0.6 is 15.9 Å². The van der Waals surface area contributed by atoms with E-state index in [-0.39, 0.29) is 34.1 Å². The maximum atomic E-state index is 13.6. The van der Waals surface area contributed by atoms with Crippen LogP contribution in [0.25, 0.3) is 22.0 Å². The van der Waals surface area contributed by atoms with Gasteiger partial charge in [0.05, 0.1) is 36.6 Å². The number of benzene rings is 1. The summed E-state index contributed by atoms with van der Waals surface area (Å²) >= 11 is 3.33. The number of alkyl halides is 4. The fraction of sp³-hybridized carbons (Fsp3) is 0.238. The summed E-state index contributed by atoms with van der Waals surface area (Å²) in [6.07, 6.45) is -0.494. The Morgan fingerprint density at radius 3 is 2.62 bits per heavy atom. The minimum Gasteiger partial charge on any atom is -0.497 e. The largest absolute Gasteiger partial charge is 0.497 e. The highest BCUT2D eigenvalue weighted by molar-refractivity contribution is 9.08. The number of rotatable bonds is 5. The van der Waals surface area contributed by atoms with E-state index in [1.807, 2.05) is 0 Å². The number of hydrogen-bond donors (Lipinski definition) is 0. The molecule has 0 fully saturated rings. The Bertz CT molecular complexity index is 1360. The molecule has 4 rings (SSSR count). The molecule has 0 saturated heterocycles. The van der Waals surface area contributed by atoms with Gasteiger partial charge >= 0.3 is 6.18 Å². The van der Waals surface area contributed by atoms with Gasteiger partial charge in [-0.25, -0.2) is 4.98 Å². The molecule has 0 amide bonds. The molecule has 4 aromatic rings. The van der Waals surface area contributed by atoms with Gasteiger partial charge in [-0.1, -0.05) is 15.9 Å². The molecule has 166 valence electrons. The van der Waals surface area contributed by atoms with Crippen LogP contribution < -0.4 is 10.3 Å². The fourth-order valence-corrected chi connectivity index (χ4v) is 3.79. The highest BCUT2D eigenvalue weighted by Crippen LogP contribution is 2.38. The molecule has 0 spiro atoms. The second-order valence-electron chi connectivity index (χ2n) is 7.10. The van der Waals surface area contributed by atoms with Gasteiger partial charge in [0.2, 0.25) is 0 Å². The Balaban J connectivity index is 1.90. The SMILES string of the molecule is COc1ccnc(Cn2cnc3c(-c4cn(C)nc4C(F)(F)F)cc(CBr)cc3c2=O)c1. The minimum absolute atomic E-state index is 0.132. The van der Waals surface area contributed by atoms with Crippen LogP contribution in [-0.4, -0.2) is 31.4 Å². The normalized spacial score (nSPS) is 11.8. The van der Waals surface area contributed by atoms with Gasteiger partial charge in [0.15, 0.2) is 5.69 Å². The summed E-state index contributed by atoms with van der Waals surface area (Å²) < 4.78 is 48.4. The number of methoxy groups -OCH3 is 1. The lowest BCUT2D eigenvalue weighted by Crippen LogP contribution is -2.22. The lowest BCUT2D eigenvalue weighted by Gasteiger charge is -2.12. The molecule has 0 saturated carbocycles. The van der Waals surface area contributed by atoms with Crippen molar-refractivity contribution in [1.82, 2.24) is 24.3 Å². The summed E-state index contributed by atoms with van der Waals surface area (Å²) in [5, 5.41) is 4.14. The number of halogens is 4. The molecule has 0 atom stereocenters. The van der Waals surface area contributed by atoms with Gasteiger partial charge in [-0.2, -0.15) is 18.3 Å². The van der Waals surface area contributed by atoms with Crippen LogP contribution in [0.15, 0.2) is 47.8 Å². The quantitative estimate of drug-likeness (QED) is 0.379. The van der Waals surface area contributed by atoms with E-state index in [1.54, 1.807) is 30.5 Å². The molecule has 0 aliphatic rings. The summed E-state index contributed by atoms with van der Waals surface area (Å²) in [5.74, 6) is 0.594. The Hall–Kier alpha value is -3.21. The average molecular weight is 508 g/mol. The van der Waals surface area contributed by atoms with Gasteiger partial charge in [-0.15, -0.1) is 0 Å². The summed E-state index contributed by atoms with van der Waals surface area (Å²) in [5.41, 5.74) is 0.0403. The number of ether oxygens (including phenoxy) is 1. The van der Waals surface area contributed by atoms with E-state index < -0.39 is 11.9 Å². The van der Waals surface area contributed by atoms with E-state index in [0.29, 0.717) is 22.3 Å². The topological polar surface area (TPSA) is 74.8 Å². The van der Waals surface area contributed by atoms with Crippen molar-refractivity contribution in [3.8, 4) is 16.9 Å². The third-order valence-electron chi connectivity index (χ3n) is 4.89. The molecule has 0 aliphatic carbocycles. The van der Waals surface area contributed by atoms with Crippen molar-refractivity contribution in [1.29, 1.82) is 0 Å². The minimum atomic E-state index is -4.65. The van der Waals surface area contributed by atoms with E-state index in [1.165, 1.54) is 31.2 Å². The van der Waals surface area contributed by atoms with Crippen molar-refractivity contribution in [3.63, 3.8) is 0 Å². The number of fused-ring (bicyclic) bond motifs is 1. The number of aryl methyl sites for hydroxylation is 1. The lowest BCUT2D eigenvalue weighted by molar-refractivity contribution is -0.140. The second kappa shape index (κ2) is 8.38. The molecule has 3 aromatic heterocycles. The smallest absolute Gasteiger partial charge is 0.435 e. The van der Waals surface area contributed by atoms with Crippen LogP contribution in [0.3, 0.4) is 0 Å². The van der Waals surface area contributed by atoms with E-state index in [0.717, 1.165) is 4.68 Å². The van der Waals surface area contributed by atoms with Crippen molar-refractivity contribution in [2.75, 3.05) is 7.11 Å². The number of pyridine rings is 1. The molecule has 0 radical (unpaired) electrons. The van der Waals surface area contributed by atoms with Crippen molar-refractivity contribution < 1.29 is 17.9 Å². The zero-order valence-electron chi connectivity index (χ0n) is 17.0. The number of hydrogen-bond acceptors (Lipinski definition) is 5. The van der Waals surface area contributed by atoms with Gasteiger partial charge in [0.25, 0.3) is 5.56 Å². The first-order valence-corrected chi connectivity index (χ1v) is 10.5. The predicted octanol–water partition coefficient (Wildman–Crippen LogP) is 4.16. The first-order chi connectivity index (χ1) is 15.2. The summed E-state index contributed by atoms with van der Waals surface area (Å²) in [7, 11) is 2.94. The Morgan fingerprint density at radius 2 is 1.94 bits per heavy atom. The third kappa shape index (κ3) is 4.12. The van der Waals surface area contributed by atoms with Crippen molar-refractivity contribution in [2.24, 2.45) is 7.05 Å². The van der Waals surface area contributed by atoms with Crippen molar-refractivity contribution in [2.45, 2.75) is 18.1 Å². The highest BCUT2D eigenvalue weighted by atomic mass is 79.9. The molecule has 3 heterocycles. The zero-order chi connectivity index (χ0) is 23.0. The third-order valence-corrected chi connectivity index (χ3v) is 5.53. The summed E-state index contributed by atoms with van der Waals surface area (Å²) in [4.78, 5) is 21.8. The van der Waals surface area contributed by atoms with Gasteiger partial charge in [-0.05, 0) is 23.8 Å². The molecule has 0 bridgehead atoms. The van der Waals surface area contributed by atoms with E-state index in [2.05, 4.69) is 31.0 Å². The first-order valence-electron chi connectivity index (χ1n) is 9.39. The Kier molecular flexibility index (Phi) is 5.76.